The molecule has 1 heteroatoms. The fourth-order valence-electron chi connectivity index (χ4n) is 2.62. The van der Waals surface area contributed by atoms with Crippen LogP contribution in [0, 0.1) is 31.1 Å². The summed E-state index contributed by atoms with van der Waals surface area (Å²) < 4.78 is 0. The van der Waals surface area contributed by atoms with E-state index in [9.17, 15) is 5.26 Å². The molecule has 1 atom stereocenters. The summed E-state index contributed by atoms with van der Waals surface area (Å²) in [6.45, 7) is 8.43. The predicted molar refractivity (Wildman–Crippen MR) is 84.5 cm³/mol. The molecule has 0 radical (unpaired) electrons. The van der Waals surface area contributed by atoms with Crippen LogP contribution in [-0.2, 0) is 0 Å². The van der Waals surface area contributed by atoms with Gasteiger partial charge in [0, 0.05) is 0 Å². The molecule has 0 heterocycles. The first-order valence-electron chi connectivity index (χ1n) is 7.10. The number of nitriles is 1. The first-order chi connectivity index (χ1) is 9.52. The highest BCUT2D eigenvalue weighted by Gasteiger charge is 2.14. The lowest BCUT2D eigenvalue weighted by molar-refractivity contribution is 0.587. The molecule has 0 fully saturated rings. The van der Waals surface area contributed by atoms with E-state index in [2.05, 4.69) is 76.2 Å². The number of rotatable bonds is 3. The summed E-state index contributed by atoms with van der Waals surface area (Å²) in [6.07, 6.45) is 0. The topological polar surface area (TPSA) is 23.8 Å². The number of nitrogens with zero attached hydrogens (tertiary/aromatic N) is 1. The van der Waals surface area contributed by atoms with E-state index >= 15 is 0 Å². The van der Waals surface area contributed by atoms with Crippen molar-refractivity contribution in [2.75, 3.05) is 0 Å². The number of hydrogen-bond donors (Lipinski definition) is 0. The monoisotopic (exact) mass is 263 g/mol. The van der Waals surface area contributed by atoms with Crippen molar-refractivity contribution in [3.63, 3.8) is 0 Å². The summed E-state index contributed by atoms with van der Waals surface area (Å²) in [5, 5.41) is 9.26. The van der Waals surface area contributed by atoms with Crippen molar-refractivity contribution >= 4 is 0 Å². The summed E-state index contributed by atoms with van der Waals surface area (Å²) >= 11 is 0. The maximum absolute atomic E-state index is 9.26. The summed E-state index contributed by atoms with van der Waals surface area (Å²) in [6, 6.07) is 17.3. The minimum Gasteiger partial charge on any atom is -0.198 e. The molecule has 0 saturated carbocycles. The molecule has 20 heavy (non-hydrogen) atoms. The second kappa shape index (κ2) is 5.92. The highest BCUT2D eigenvalue weighted by Crippen LogP contribution is 2.28. The highest BCUT2D eigenvalue weighted by molar-refractivity contribution is 5.67. The minimum atomic E-state index is -0.0248. The minimum absolute atomic E-state index is 0.0248. The Morgan fingerprint density at radius 3 is 2.10 bits per heavy atom. The van der Waals surface area contributed by atoms with Crippen LogP contribution in [0.4, 0.5) is 0 Å². The number of aryl methyl sites for hydroxylation is 2. The fraction of sp³-hybridized carbons (Fsp3) is 0.316. The third-order valence-electron chi connectivity index (χ3n) is 3.77. The summed E-state index contributed by atoms with van der Waals surface area (Å²) in [4.78, 5) is 0. The van der Waals surface area contributed by atoms with Crippen LogP contribution in [0.5, 0.6) is 0 Å². The predicted octanol–water partition coefficient (Wildman–Crippen LogP) is 5.23. The van der Waals surface area contributed by atoms with Gasteiger partial charge in [-0.2, -0.15) is 5.26 Å². The third-order valence-corrected chi connectivity index (χ3v) is 3.77. The van der Waals surface area contributed by atoms with Gasteiger partial charge in [0.15, 0.2) is 0 Å². The van der Waals surface area contributed by atoms with E-state index in [-0.39, 0.29) is 5.92 Å². The Kier molecular flexibility index (Phi) is 4.25. The summed E-state index contributed by atoms with van der Waals surface area (Å²) in [5.74, 6) is 0.315. The lowest BCUT2D eigenvalue weighted by Gasteiger charge is -2.14. The average Bonchev–Trinajstić information content (AvgIpc) is 2.40. The first-order valence-corrected chi connectivity index (χ1v) is 7.10. The van der Waals surface area contributed by atoms with Crippen LogP contribution in [-0.4, -0.2) is 0 Å². The van der Waals surface area contributed by atoms with Gasteiger partial charge < -0.3 is 0 Å². The largest absolute Gasteiger partial charge is 0.198 e. The maximum atomic E-state index is 9.26. The van der Waals surface area contributed by atoms with E-state index in [4.69, 9.17) is 0 Å². The molecule has 0 aliphatic heterocycles. The zero-order valence-corrected chi connectivity index (χ0v) is 12.6. The molecule has 0 saturated heterocycles. The van der Waals surface area contributed by atoms with Crippen LogP contribution in [0.15, 0.2) is 42.5 Å². The molecule has 0 N–H and O–H groups in total. The van der Waals surface area contributed by atoms with Gasteiger partial charge in [-0.1, -0.05) is 61.9 Å². The molecule has 0 amide bonds. The average molecular weight is 263 g/mol. The van der Waals surface area contributed by atoms with Crippen molar-refractivity contribution in [2.24, 2.45) is 5.92 Å². The molecule has 0 spiro atoms. The molecule has 2 aromatic carbocycles. The number of hydrogen-bond acceptors (Lipinski definition) is 1. The molecule has 1 nitrogen and oxygen atoms in total. The van der Waals surface area contributed by atoms with E-state index in [1.807, 2.05) is 0 Å². The van der Waals surface area contributed by atoms with Crippen molar-refractivity contribution in [2.45, 2.75) is 33.6 Å². The lowest BCUT2D eigenvalue weighted by atomic mass is 9.88. The van der Waals surface area contributed by atoms with Crippen LogP contribution in [0.1, 0.15) is 36.5 Å². The molecule has 0 bridgehead atoms. The second-order valence-electron chi connectivity index (χ2n) is 5.79. The number of benzene rings is 2. The quantitative estimate of drug-likeness (QED) is 0.743. The first kappa shape index (κ1) is 14.3. The molecule has 102 valence electrons. The lowest BCUT2D eigenvalue weighted by Crippen LogP contribution is -2.03. The van der Waals surface area contributed by atoms with Crippen LogP contribution in [0.25, 0.3) is 11.1 Å². The normalized spacial score (nSPS) is 12.2. The summed E-state index contributed by atoms with van der Waals surface area (Å²) in [7, 11) is 0. The van der Waals surface area contributed by atoms with Crippen molar-refractivity contribution in [3.05, 3.63) is 59.2 Å². The van der Waals surface area contributed by atoms with Gasteiger partial charge in [0.2, 0.25) is 0 Å². The van der Waals surface area contributed by atoms with Gasteiger partial charge in [-0.25, -0.2) is 0 Å². The smallest absolute Gasteiger partial charge is 0.0735 e. The van der Waals surface area contributed by atoms with E-state index in [0.29, 0.717) is 5.92 Å². The zero-order valence-electron chi connectivity index (χ0n) is 12.6. The highest BCUT2D eigenvalue weighted by atomic mass is 14.3. The van der Waals surface area contributed by atoms with Gasteiger partial charge in [-0.15, -0.1) is 0 Å². The fourth-order valence-corrected chi connectivity index (χ4v) is 2.62. The molecule has 2 aromatic rings. The van der Waals surface area contributed by atoms with Gasteiger partial charge in [-0.05, 0) is 42.0 Å². The van der Waals surface area contributed by atoms with Crippen LogP contribution in [0.2, 0.25) is 0 Å². The Labute approximate surface area is 121 Å². The van der Waals surface area contributed by atoms with Crippen LogP contribution < -0.4 is 0 Å². The Bertz CT molecular complexity index is 630. The Morgan fingerprint density at radius 1 is 0.950 bits per heavy atom. The Morgan fingerprint density at radius 2 is 1.60 bits per heavy atom. The third kappa shape index (κ3) is 2.91. The standard InChI is InChI=1S/C19H21N/c1-13(2)19(12-20)17-8-6-16(7-9-17)18-10-5-14(3)11-15(18)4/h5-11,13,19H,1-4H3. The molecule has 1 unspecified atom stereocenters. The maximum Gasteiger partial charge on any atom is 0.0735 e. The molecule has 0 aromatic heterocycles. The zero-order chi connectivity index (χ0) is 14.7. The molecular formula is C19H21N. The van der Waals surface area contributed by atoms with Gasteiger partial charge in [-0.3, -0.25) is 0 Å². The van der Waals surface area contributed by atoms with E-state index in [1.165, 1.54) is 22.3 Å². The second-order valence-corrected chi connectivity index (χ2v) is 5.79. The van der Waals surface area contributed by atoms with E-state index in [1.54, 1.807) is 0 Å². The SMILES string of the molecule is Cc1ccc(-c2ccc(C(C#N)C(C)C)cc2)c(C)c1. The van der Waals surface area contributed by atoms with Crippen molar-refractivity contribution in [3.8, 4) is 17.2 Å². The van der Waals surface area contributed by atoms with Crippen LogP contribution >= 0.6 is 0 Å². The van der Waals surface area contributed by atoms with Gasteiger partial charge in [0.1, 0.15) is 0 Å². The van der Waals surface area contributed by atoms with Gasteiger partial charge >= 0.3 is 0 Å². The van der Waals surface area contributed by atoms with E-state index in [0.717, 1.165) is 5.56 Å². The molecule has 0 aliphatic rings. The Balaban J connectivity index is 2.35. The van der Waals surface area contributed by atoms with Crippen molar-refractivity contribution < 1.29 is 0 Å². The molecule has 0 aliphatic carbocycles. The van der Waals surface area contributed by atoms with Crippen LogP contribution in [0.3, 0.4) is 0 Å². The Hall–Kier alpha value is -2.07. The van der Waals surface area contributed by atoms with E-state index < -0.39 is 0 Å². The van der Waals surface area contributed by atoms with Crippen molar-refractivity contribution in [1.82, 2.24) is 0 Å². The van der Waals surface area contributed by atoms with Gasteiger partial charge in [0.05, 0.1) is 12.0 Å². The van der Waals surface area contributed by atoms with Gasteiger partial charge in [0.25, 0.3) is 0 Å². The van der Waals surface area contributed by atoms with Crippen molar-refractivity contribution in [1.29, 1.82) is 5.26 Å². The molecular weight excluding hydrogens is 242 g/mol. The molecule has 2 rings (SSSR count). The summed E-state index contributed by atoms with van der Waals surface area (Å²) in [5.41, 5.74) is 6.16.